The number of benzene rings is 2. The molecule has 2 rings (SSSR count). The van der Waals surface area contributed by atoms with Crippen LogP contribution >= 0.6 is 0 Å². The van der Waals surface area contributed by atoms with Gasteiger partial charge in [0.15, 0.2) is 0 Å². The van der Waals surface area contributed by atoms with Gasteiger partial charge >= 0.3 is 0 Å². The molecule has 0 spiro atoms. The summed E-state index contributed by atoms with van der Waals surface area (Å²) in [6.07, 6.45) is 0. The van der Waals surface area contributed by atoms with Crippen molar-refractivity contribution in [3.63, 3.8) is 0 Å². The van der Waals surface area contributed by atoms with E-state index in [1.165, 1.54) is 32.4 Å². The van der Waals surface area contributed by atoms with Gasteiger partial charge in [-0.1, -0.05) is 6.07 Å². The molecule has 2 aromatic carbocycles. The maximum atomic E-state index is 13.8. The number of amides is 1. The zero-order valence-corrected chi connectivity index (χ0v) is 11.6. The summed E-state index contributed by atoms with van der Waals surface area (Å²) < 4.78 is 23.9. The number of methoxy groups -OCH3 is 2. The molecule has 0 aromatic heterocycles. The second kappa shape index (κ2) is 6.13. The summed E-state index contributed by atoms with van der Waals surface area (Å²) in [6, 6.07) is 8.93. The smallest absolute Gasteiger partial charge is 0.262 e. The molecule has 0 radical (unpaired) electrons. The van der Waals surface area contributed by atoms with Crippen LogP contribution in [-0.2, 0) is 0 Å². The van der Waals surface area contributed by atoms with Crippen molar-refractivity contribution >= 4 is 17.3 Å². The number of carbonyl (C=O) groups is 1. The lowest BCUT2D eigenvalue weighted by Gasteiger charge is -2.11. The first-order chi connectivity index (χ1) is 10.1. The second-order valence-electron chi connectivity index (χ2n) is 4.23. The van der Waals surface area contributed by atoms with Crippen LogP contribution in [0.4, 0.5) is 15.8 Å². The summed E-state index contributed by atoms with van der Waals surface area (Å²) in [5.41, 5.74) is 6.42. The van der Waals surface area contributed by atoms with Gasteiger partial charge in [-0.3, -0.25) is 4.79 Å². The van der Waals surface area contributed by atoms with Crippen molar-refractivity contribution in [2.45, 2.75) is 0 Å². The Kier molecular flexibility index (Phi) is 4.27. The van der Waals surface area contributed by atoms with Crippen LogP contribution in [0, 0.1) is 5.82 Å². The minimum absolute atomic E-state index is 0.157. The summed E-state index contributed by atoms with van der Waals surface area (Å²) in [4.78, 5) is 12.2. The third-order valence-electron chi connectivity index (χ3n) is 2.91. The molecule has 0 saturated carbocycles. The van der Waals surface area contributed by atoms with Gasteiger partial charge < -0.3 is 20.5 Å². The molecule has 0 atom stereocenters. The van der Waals surface area contributed by atoms with Crippen molar-refractivity contribution in [3.05, 3.63) is 47.8 Å². The van der Waals surface area contributed by atoms with Crippen LogP contribution < -0.4 is 20.5 Å². The molecule has 0 aliphatic carbocycles. The summed E-state index contributed by atoms with van der Waals surface area (Å²) in [6.45, 7) is 0. The number of nitrogen functional groups attached to an aromatic ring is 1. The molecule has 21 heavy (non-hydrogen) atoms. The summed E-state index contributed by atoms with van der Waals surface area (Å²) in [5.74, 6) is -0.686. The monoisotopic (exact) mass is 290 g/mol. The molecule has 0 aliphatic heterocycles. The van der Waals surface area contributed by atoms with Crippen molar-refractivity contribution < 1.29 is 18.7 Å². The Morgan fingerprint density at radius 2 is 1.86 bits per heavy atom. The minimum atomic E-state index is -0.658. The van der Waals surface area contributed by atoms with E-state index in [-0.39, 0.29) is 11.3 Å². The van der Waals surface area contributed by atoms with Crippen molar-refractivity contribution in [2.24, 2.45) is 0 Å². The minimum Gasteiger partial charge on any atom is -0.496 e. The molecule has 3 N–H and O–H groups in total. The highest BCUT2D eigenvalue weighted by Crippen LogP contribution is 2.27. The van der Waals surface area contributed by atoms with Crippen LogP contribution in [0.15, 0.2) is 36.4 Å². The number of rotatable bonds is 4. The van der Waals surface area contributed by atoms with Gasteiger partial charge in [0.05, 0.1) is 19.9 Å². The molecule has 0 fully saturated rings. The van der Waals surface area contributed by atoms with Crippen molar-refractivity contribution in [3.8, 4) is 11.5 Å². The second-order valence-corrected chi connectivity index (χ2v) is 4.23. The topological polar surface area (TPSA) is 73.6 Å². The zero-order valence-electron chi connectivity index (χ0n) is 11.6. The molecule has 5 nitrogen and oxygen atoms in total. The highest BCUT2D eigenvalue weighted by Gasteiger charge is 2.18. The van der Waals surface area contributed by atoms with Gasteiger partial charge in [-0.05, 0) is 24.3 Å². The molecule has 6 heteroatoms. The van der Waals surface area contributed by atoms with E-state index in [1.54, 1.807) is 18.2 Å². The van der Waals surface area contributed by atoms with Crippen LogP contribution in [0.3, 0.4) is 0 Å². The van der Waals surface area contributed by atoms with Gasteiger partial charge in [0.2, 0.25) is 0 Å². The van der Waals surface area contributed by atoms with Gasteiger partial charge in [0.25, 0.3) is 5.91 Å². The Balaban J connectivity index is 2.30. The number of hydrogen-bond acceptors (Lipinski definition) is 4. The fourth-order valence-corrected chi connectivity index (χ4v) is 1.88. The Morgan fingerprint density at radius 3 is 2.52 bits per heavy atom. The first-order valence-corrected chi connectivity index (χ1v) is 6.14. The Bertz CT molecular complexity index is 674. The van der Waals surface area contributed by atoms with E-state index in [0.29, 0.717) is 17.1 Å². The largest absolute Gasteiger partial charge is 0.496 e. The third kappa shape index (κ3) is 3.05. The fraction of sp³-hybridized carbons (Fsp3) is 0.133. The van der Waals surface area contributed by atoms with Gasteiger partial charge in [-0.25, -0.2) is 4.39 Å². The standard InChI is InChI=1S/C15H15FN2O3/c1-20-12-5-3-4-10(16)14(12)15(19)18-9-6-7-11(17)13(8-9)21-2/h3-8H,17H2,1-2H3,(H,18,19). The average Bonchev–Trinajstić information content (AvgIpc) is 2.48. The third-order valence-corrected chi connectivity index (χ3v) is 2.91. The Morgan fingerprint density at radius 1 is 1.14 bits per heavy atom. The van der Waals surface area contributed by atoms with E-state index < -0.39 is 11.7 Å². The van der Waals surface area contributed by atoms with E-state index >= 15 is 0 Å². The lowest BCUT2D eigenvalue weighted by Crippen LogP contribution is -2.15. The van der Waals surface area contributed by atoms with Crippen molar-refractivity contribution in [2.75, 3.05) is 25.3 Å². The molecule has 110 valence electrons. The molecule has 0 heterocycles. The first kappa shape index (κ1) is 14.6. The summed E-state index contributed by atoms with van der Waals surface area (Å²) in [7, 11) is 2.84. The molecule has 0 aliphatic rings. The predicted molar refractivity (Wildman–Crippen MR) is 78.3 cm³/mol. The maximum Gasteiger partial charge on any atom is 0.262 e. The molecule has 0 saturated heterocycles. The van der Waals surface area contributed by atoms with Gasteiger partial charge in [0.1, 0.15) is 22.9 Å². The molecule has 0 unspecified atom stereocenters. The predicted octanol–water partition coefficient (Wildman–Crippen LogP) is 2.68. The molecule has 1 amide bonds. The quantitative estimate of drug-likeness (QED) is 0.849. The van der Waals surface area contributed by atoms with Crippen LogP contribution in [0.1, 0.15) is 10.4 Å². The lowest BCUT2D eigenvalue weighted by atomic mass is 10.1. The molecule has 2 aromatic rings. The summed E-state index contributed by atoms with van der Waals surface area (Å²) in [5, 5.41) is 2.58. The highest BCUT2D eigenvalue weighted by molar-refractivity contribution is 6.06. The number of nitrogens with two attached hydrogens (primary N) is 1. The number of carbonyl (C=O) groups excluding carboxylic acids is 1. The highest BCUT2D eigenvalue weighted by atomic mass is 19.1. The van der Waals surface area contributed by atoms with E-state index in [4.69, 9.17) is 15.2 Å². The van der Waals surface area contributed by atoms with Crippen LogP contribution in [0.5, 0.6) is 11.5 Å². The normalized spacial score (nSPS) is 10.0. The van der Waals surface area contributed by atoms with Crippen LogP contribution in [0.2, 0.25) is 0 Å². The maximum absolute atomic E-state index is 13.8. The van der Waals surface area contributed by atoms with E-state index in [1.807, 2.05) is 0 Å². The van der Waals surface area contributed by atoms with Gasteiger partial charge in [-0.15, -0.1) is 0 Å². The van der Waals surface area contributed by atoms with Gasteiger partial charge in [0, 0.05) is 11.8 Å². The Labute approximate surface area is 121 Å². The summed E-state index contributed by atoms with van der Waals surface area (Å²) >= 11 is 0. The fourth-order valence-electron chi connectivity index (χ4n) is 1.88. The molecular weight excluding hydrogens is 275 g/mol. The van der Waals surface area contributed by atoms with Crippen LogP contribution in [0.25, 0.3) is 0 Å². The molecular formula is C15H15FN2O3. The van der Waals surface area contributed by atoms with Crippen LogP contribution in [-0.4, -0.2) is 20.1 Å². The SMILES string of the molecule is COc1cc(NC(=O)c2c(F)cccc2OC)ccc1N. The van der Waals surface area contributed by atoms with E-state index in [0.717, 1.165) is 0 Å². The lowest BCUT2D eigenvalue weighted by molar-refractivity contribution is 0.102. The van der Waals surface area contributed by atoms with Crippen molar-refractivity contribution in [1.29, 1.82) is 0 Å². The molecule has 0 bridgehead atoms. The Hall–Kier alpha value is -2.76. The van der Waals surface area contributed by atoms with Crippen molar-refractivity contribution in [1.82, 2.24) is 0 Å². The van der Waals surface area contributed by atoms with E-state index in [9.17, 15) is 9.18 Å². The number of hydrogen-bond donors (Lipinski definition) is 2. The first-order valence-electron chi connectivity index (χ1n) is 6.14. The zero-order chi connectivity index (χ0) is 15.4. The van der Waals surface area contributed by atoms with E-state index in [2.05, 4.69) is 5.32 Å². The number of ether oxygens (including phenoxy) is 2. The van der Waals surface area contributed by atoms with Gasteiger partial charge in [-0.2, -0.15) is 0 Å². The number of halogens is 1. The number of anilines is 2. The average molecular weight is 290 g/mol. The number of nitrogens with one attached hydrogen (secondary N) is 1.